The van der Waals surface area contributed by atoms with Crippen molar-refractivity contribution in [1.29, 1.82) is 0 Å². The van der Waals surface area contributed by atoms with Crippen molar-refractivity contribution in [2.45, 2.75) is 41.0 Å². The fourth-order valence-corrected chi connectivity index (χ4v) is 2.54. The number of ketones is 1. The summed E-state index contributed by atoms with van der Waals surface area (Å²) in [6.45, 7) is 10.0. The molecule has 0 N–H and O–H groups in total. The third-order valence-electron chi connectivity index (χ3n) is 3.65. The summed E-state index contributed by atoms with van der Waals surface area (Å²) in [7, 11) is 0. The van der Waals surface area contributed by atoms with E-state index in [9.17, 15) is 9.59 Å². The number of hydrogen-bond acceptors (Lipinski definition) is 2. The van der Waals surface area contributed by atoms with Crippen molar-refractivity contribution < 1.29 is 9.59 Å². The van der Waals surface area contributed by atoms with Crippen LogP contribution in [0.1, 0.15) is 41.0 Å². The molecule has 0 fully saturated rings. The van der Waals surface area contributed by atoms with Gasteiger partial charge >= 0.3 is 0 Å². The molecule has 2 nitrogen and oxygen atoms in total. The summed E-state index contributed by atoms with van der Waals surface area (Å²) in [4.78, 5) is 21.9. The lowest BCUT2D eigenvalue weighted by Crippen LogP contribution is -2.24. The third kappa shape index (κ3) is 6.08. The quantitative estimate of drug-likeness (QED) is 0.333. The number of allylic oxidation sites excluding steroid dienone is 10. The van der Waals surface area contributed by atoms with Crippen LogP contribution in [0, 0.1) is 17.3 Å². The predicted molar refractivity (Wildman–Crippen MR) is 95.7 cm³/mol. The fraction of sp³-hybridized carbons (Fsp3) is 0.333. The number of aldehydes is 1. The van der Waals surface area contributed by atoms with Crippen LogP contribution in [0.15, 0.2) is 58.7 Å². The first-order valence-corrected chi connectivity index (χ1v) is 7.67. The van der Waals surface area contributed by atoms with Crippen molar-refractivity contribution in [3.8, 4) is 11.8 Å². The second-order valence-electron chi connectivity index (χ2n) is 6.44. The predicted octanol–water partition coefficient (Wildman–Crippen LogP) is 4.51. The van der Waals surface area contributed by atoms with Gasteiger partial charge in [0.25, 0.3) is 0 Å². The molecule has 0 aromatic rings. The summed E-state index contributed by atoms with van der Waals surface area (Å²) in [6, 6.07) is 0. The largest absolute Gasteiger partial charge is 0.299 e. The number of hydrogen-bond donors (Lipinski definition) is 0. The molecule has 0 aliphatic heterocycles. The molecule has 0 unspecified atom stereocenters. The zero-order valence-electron chi connectivity index (χ0n) is 14.6. The van der Waals surface area contributed by atoms with Gasteiger partial charge in [-0.25, -0.2) is 0 Å². The van der Waals surface area contributed by atoms with Crippen molar-refractivity contribution in [2.24, 2.45) is 5.41 Å². The van der Waals surface area contributed by atoms with Gasteiger partial charge in [-0.1, -0.05) is 43.9 Å². The first-order valence-electron chi connectivity index (χ1n) is 7.67. The molecule has 1 rings (SSSR count). The first-order chi connectivity index (χ1) is 10.8. The zero-order chi connectivity index (χ0) is 17.5. The van der Waals surface area contributed by atoms with Crippen molar-refractivity contribution in [2.75, 3.05) is 0 Å². The highest BCUT2D eigenvalue weighted by Crippen LogP contribution is 2.38. The van der Waals surface area contributed by atoms with Crippen LogP contribution in [-0.2, 0) is 9.59 Å². The molecule has 0 spiro atoms. The Kier molecular flexibility index (Phi) is 6.72. The molecule has 0 atom stereocenters. The molecule has 1 aliphatic carbocycles. The van der Waals surface area contributed by atoms with Gasteiger partial charge in [-0.05, 0) is 66.7 Å². The van der Waals surface area contributed by atoms with E-state index in [1.807, 2.05) is 26.8 Å². The molecule has 120 valence electrons. The number of carbonyl (C=O) groups is 2. The van der Waals surface area contributed by atoms with Crippen molar-refractivity contribution in [1.82, 2.24) is 0 Å². The van der Waals surface area contributed by atoms with E-state index in [0.717, 1.165) is 23.0 Å². The van der Waals surface area contributed by atoms with Crippen LogP contribution in [0.2, 0.25) is 0 Å². The maximum absolute atomic E-state index is 11.7. The molecule has 0 bridgehead atoms. The van der Waals surface area contributed by atoms with E-state index in [1.165, 1.54) is 11.6 Å². The maximum Gasteiger partial charge on any atom is 0.156 e. The Morgan fingerprint density at radius 1 is 1.30 bits per heavy atom. The van der Waals surface area contributed by atoms with Gasteiger partial charge in [0, 0.05) is 6.42 Å². The molecular formula is C21H24O2. The lowest BCUT2D eigenvalue weighted by atomic mass is 9.72. The Labute approximate surface area is 139 Å². The van der Waals surface area contributed by atoms with Gasteiger partial charge in [0.05, 0.1) is 0 Å². The van der Waals surface area contributed by atoms with Crippen molar-refractivity contribution >= 4 is 12.1 Å². The van der Waals surface area contributed by atoms with E-state index in [-0.39, 0.29) is 11.2 Å². The standard InChI is InChI=1S/C21H24O2/c1-16(10-7-13-22)8-6-9-17(2)11-12-20-18(3)14-19(23)15-21(20,4)5/h7-8,10-14H,15H2,1-5H3/b10-7+,16-8+,17-11+,20-12+. The maximum atomic E-state index is 11.7. The third-order valence-corrected chi connectivity index (χ3v) is 3.65. The highest BCUT2D eigenvalue weighted by Gasteiger charge is 2.30. The highest BCUT2D eigenvalue weighted by atomic mass is 16.1. The molecule has 0 amide bonds. The van der Waals surface area contributed by atoms with Gasteiger partial charge in [-0.2, -0.15) is 0 Å². The van der Waals surface area contributed by atoms with Gasteiger partial charge in [-0.3, -0.25) is 9.59 Å². The molecule has 0 saturated carbocycles. The van der Waals surface area contributed by atoms with Gasteiger partial charge in [-0.15, -0.1) is 0 Å². The lowest BCUT2D eigenvalue weighted by molar-refractivity contribution is -0.116. The molecule has 0 radical (unpaired) electrons. The summed E-state index contributed by atoms with van der Waals surface area (Å²) in [5.74, 6) is 6.23. The summed E-state index contributed by atoms with van der Waals surface area (Å²) < 4.78 is 0. The average Bonchev–Trinajstić information content (AvgIpc) is 2.43. The number of carbonyl (C=O) groups excluding carboxylic acids is 2. The average molecular weight is 308 g/mol. The van der Waals surface area contributed by atoms with E-state index < -0.39 is 0 Å². The molecule has 1 aliphatic rings. The van der Waals surface area contributed by atoms with Crippen LogP contribution in [0.25, 0.3) is 0 Å². The van der Waals surface area contributed by atoms with Crippen LogP contribution < -0.4 is 0 Å². The summed E-state index contributed by atoms with van der Waals surface area (Å²) in [5, 5.41) is 0. The minimum Gasteiger partial charge on any atom is -0.299 e. The van der Waals surface area contributed by atoms with Crippen LogP contribution in [-0.4, -0.2) is 12.1 Å². The van der Waals surface area contributed by atoms with E-state index in [1.54, 1.807) is 18.2 Å². The molecule has 0 aromatic heterocycles. The van der Waals surface area contributed by atoms with Gasteiger partial charge in [0.15, 0.2) is 5.78 Å². The molecule has 0 heterocycles. The van der Waals surface area contributed by atoms with Crippen LogP contribution in [0.3, 0.4) is 0 Å². The summed E-state index contributed by atoms with van der Waals surface area (Å²) in [6.07, 6.45) is 12.0. The monoisotopic (exact) mass is 308 g/mol. The summed E-state index contributed by atoms with van der Waals surface area (Å²) in [5.41, 5.74) is 3.94. The van der Waals surface area contributed by atoms with Crippen LogP contribution >= 0.6 is 0 Å². The molecule has 0 saturated heterocycles. The van der Waals surface area contributed by atoms with Gasteiger partial charge in [0.1, 0.15) is 6.29 Å². The van der Waals surface area contributed by atoms with Crippen LogP contribution in [0.4, 0.5) is 0 Å². The molecule has 23 heavy (non-hydrogen) atoms. The van der Waals surface area contributed by atoms with Gasteiger partial charge in [0.2, 0.25) is 0 Å². The van der Waals surface area contributed by atoms with Gasteiger partial charge < -0.3 is 0 Å². The van der Waals surface area contributed by atoms with Crippen molar-refractivity contribution in [3.63, 3.8) is 0 Å². The topological polar surface area (TPSA) is 34.1 Å². The van der Waals surface area contributed by atoms with E-state index in [4.69, 9.17) is 0 Å². The summed E-state index contributed by atoms with van der Waals surface area (Å²) >= 11 is 0. The Bertz CT molecular complexity index is 696. The van der Waals surface area contributed by atoms with E-state index >= 15 is 0 Å². The minimum absolute atomic E-state index is 0.143. The Hall–Kier alpha value is -2.40. The second-order valence-corrected chi connectivity index (χ2v) is 6.44. The zero-order valence-corrected chi connectivity index (χ0v) is 14.6. The van der Waals surface area contributed by atoms with E-state index in [0.29, 0.717) is 6.42 Å². The smallest absolute Gasteiger partial charge is 0.156 e. The fourth-order valence-electron chi connectivity index (χ4n) is 2.54. The molecule has 0 aromatic carbocycles. The minimum atomic E-state index is -0.143. The van der Waals surface area contributed by atoms with E-state index in [2.05, 4.69) is 31.8 Å². The SMILES string of the molecule is CC1=CC(=O)CC(C)(C)/C1=C/C=C(\C)C#C/C=C(C)/C=C/C=O. The number of rotatable bonds is 3. The Morgan fingerprint density at radius 3 is 2.61 bits per heavy atom. The second kappa shape index (κ2) is 8.29. The van der Waals surface area contributed by atoms with Crippen LogP contribution in [0.5, 0.6) is 0 Å². The Morgan fingerprint density at radius 2 is 2.00 bits per heavy atom. The Balaban J connectivity index is 2.95. The molecule has 2 heteroatoms. The molecular weight excluding hydrogens is 284 g/mol. The normalized spacial score (nSPS) is 20.3. The highest BCUT2D eigenvalue weighted by molar-refractivity contribution is 5.93. The first kappa shape index (κ1) is 18.6. The lowest BCUT2D eigenvalue weighted by Gasteiger charge is -2.31. The van der Waals surface area contributed by atoms with Crippen molar-refractivity contribution in [3.05, 3.63) is 58.7 Å².